The van der Waals surface area contributed by atoms with Crippen LogP contribution in [-0.2, 0) is 5.41 Å². The molecule has 8 aromatic carbocycles. The molecule has 10 rings (SSSR count). The van der Waals surface area contributed by atoms with Gasteiger partial charge in [0.1, 0.15) is 0 Å². The molecule has 0 fully saturated rings. The van der Waals surface area contributed by atoms with Gasteiger partial charge in [-0.2, -0.15) is 0 Å². The molecule has 1 aliphatic rings. The zero-order valence-corrected chi connectivity index (χ0v) is 28.4. The first kappa shape index (κ1) is 29.5. The SMILES string of the molecule is CC1(C)c2ccccc2-c2c(-c3ccc4c(-c5nc(-c6ccc7ccccc7c6)nc(-c6ccc7ccccc7c6)n5)cccc4c3)cccc21. The van der Waals surface area contributed by atoms with Crippen LogP contribution in [0.5, 0.6) is 0 Å². The second-order valence-electron chi connectivity index (χ2n) is 14.1. The van der Waals surface area contributed by atoms with Crippen LogP contribution in [0.1, 0.15) is 25.0 Å². The predicted molar refractivity (Wildman–Crippen MR) is 212 cm³/mol. The number of nitrogens with zero attached hydrogens (tertiary/aromatic N) is 3. The van der Waals surface area contributed by atoms with E-state index < -0.39 is 0 Å². The van der Waals surface area contributed by atoms with Crippen LogP contribution in [0.2, 0.25) is 0 Å². The fourth-order valence-corrected chi connectivity index (χ4v) is 8.05. The molecular formula is C48H33N3. The van der Waals surface area contributed by atoms with Gasteiger partial charge in [-0.3, -0.25) is 0 Å². The minimum Gasteiger partial charge on any atom is -0.208 e. The Bertz CT molecular complexity index is 2750. The summed E-state index contributed by atoms with van der Waals surface area (Å²) in [6.45, 7) is 4.67. The first-order chi connectivity index (χ1) is 25.0. The number of benzene rings is 8. The van der Waals surface area contributed by atoms with Crippen molar-refractivity contribution in [1.29, 1.82) is 0 Å². The van der Waals surface area contributed by atoms with Crippen LogP contribution >= 0.6 is 0 Å². The van der Waals surface area contributed by atoms with E-state index in [-0.39, 0.29) is 5.41 Å². The van der Waals surface area contributed by atoms with E-state index in [2.05, 4.69) is 178 Å². The first-order valence-corrected chi connectivity index (χ1v) is 17.5. The number of hydrogen-bond donors (Lipinski definition) is 0. The van der Waals surface area contributed by atoms with Gasteiger partial charge in [0.05, 0.1) is 0 Å². The molecule has 0 radical (unpaired) electrons. The molecule has 0 N–H and O–H groups in total. The zero-order chi connectivity index (χ0) is 34.1. The van der Waals surface area contributed by atoms with Crippen molar-refractivity contribution in [2.45, 2.75) is 19.3 Å². The standard InChI is InChI=1S/C48H33N3/c1-48(2)42-19-8-7-16-41(42)44-39(17-10-20-43(44)48)35-25-26-38-34(29-35)15-9-18-40(38)47-50-45(36-23-21-30-11-3-5-13-32(30)27-36)49-46(51-47)37-24-22-31-12-4-6-14-33(31)28-37/h3-29H,1-2H3. The molecule has 0 saturated heterocycles. The summed E-state index contributed by atoms with van der Waals surface area (Å²) in [7, 11) is 0. The van der Waals surface area contributed by atoms with E-state index in [1.807, 2.05) is 0 Å². The van der Waals surface area contributed by atoms with Crippen LogP contribution in [0, 0.1) is 0 Å². The summed E-state index contributed by atoms with van der Waals surface area (Å²) in [5.41, 5.74) is 10.7. The van der Waals surface area contributed by atoms with Crippen molar-refractivity contribution in [3.63, 3.8) is 0 Å². The minimum atomic E-state index is -0.0455. The summed E-state index contributed by atoms with van der Waals surface area (Å²) in [4.78, 5) is 15.4. The Balaban J connectivity index is 1.14. The Kier molecular flexibility index (Phi) is 6.53. The van der Waals surface area contributed by atoms with Crippen LogP contribution in [0.15, 0.2) is 164 Å². The lowest BCUT2D eigenvalue weighted by Crippen LogP contribution is -2.14. The summed E-state index contributed by atoms with van der Waals surface area (Å²) >= 11 is 0. The Morgan fingerprint density at radius 3 is 1.55 bits per heavy atom. The highest BCUT2D eigenvalue weighted by Crippen LogP contribution is 2.52. The highest BCUT2D eigenvalue weighted by molar-refractivity contribution is 6.00. The van der Waals surface area contributed by atoms with Gasteiger partial charge < -0.3 is 0 Å². The Morgan fingerprint density at radius 1 is 0.353 bits per heavy atom. The van der Waals surface area contributed by atoms with Crippen molar-refractivity contribution < 1.29 is 0 Å². The first-order valence-electron chi connectivity index (χ1n) is 17.5. The van der Waals surface area contributed by atoms with Gasteiger partial charge in [0.2, 0.25) is 0 Å². The van der Waals surface area contributed by atoms with E-state index in [1.54, 1.807) is 0 Å². The maximum atomic E-state index is 5.17. The molecule has 1 aromatic heterocycles. The van der Waals surface area contributed by atoms with Crippen LogP contribution in [0.3, 0.4) is 0 Å². The van der Waals surface area contributed by atoms with Gasteiger partial charge in [-0.15, -0.1) is 0 Å². The fourth-order valence-electron chi connectivity index (χ4n) is 8.05. The summed E-state index contributed by atoms with van der Waals surface area (Å²) in [5.74, 6) is 1.97. The molecule has 1 heterocycles. The molecule has 1 aliphatic carbocycles. The van der Waals surface area contributed by atoms with Crippen molar-refractivity contribution in [3.05, 3.63) is 175 Å². The van der Waals surface area contributed by atoms with Gasteiger partial charge in [-0.25, -0.2) is 15.0 Å². The van der Waals surface area contributed by atoms with Crippen molar-refractivity contribution in [3.8, 4) is 56.4 Å². The van der Waals surface area contributed by atoms with E-state index in [1.165, 1.54) is 44.2 Å². The Hall–Kier alpha value is -6.45. The highest BCUT2D eigenvalue weighted by Gasteiger charge is 2.36. The average molecular weight is 652 g/mol. The van der Waals surface area contributed by atoms with Crippen LogP contribution in [0.25, 0.3) is 88.7 Å². The Morgan fingerprint density at radius 2 is 0.843 bits per heavy atom. The van der Waals surface area contributed by atoms with Crippen molar-refractivity contribution in [2.75, 3.05) is 0 Å². The topological polar surface area (TPSA) is 38.7 Å². The average Bonchev–Trinajstić information content (AvgIpc) is 3.43. The molecule has 0 amide bonds. The van der Waals surface area contributed by atoms with E-state index in [9.17, 15) is 0 Å². The molecule has 0 unspecified atom stereocenters. The summed E-state index contributed by atoms with van der Waals surface area (Å²) < 4.78 is 0. The van der Waals surface area contributed by atoms with Gasteiger partial charge in [0.15, 0.2) is 17.5 Å². The molecule has 0 atom stereocenters. The van der Waals surface area contributed by atoms with E-state index >= 15 is 0 Å². The summed E-state index contributed by atoms with van der Waals surface area (Å²) in [6, 6.07) is 58.5. The third-order valence-electron chi connectivity index (χ3n) is 10.7. The van der Waals surface area contributed by atoms with Crippen LogP contribution < -0.4 is 0 Å². The van der Waals surface area contributed by atoms with Gasteiger partial charge in [-0.1, -0.05) is 159 Å². The van der Waals surface area contributed by atoms with Crippen molar-refractivity contribution in [1.82, 2.24) is 15.0 Å². The van der Waals surface area contributed by atoms with Crippen molar-refractivity contribution in [2.24, 2.45) is 0 Å². The largest absolute Gasteiger partial charge is 0.208 e. The third kappa shape index (κ3) is 4.77. The molecular weight excluding hydrogens is 619 g/mol. The lowest BCUT2D eigenvalue weighted by atomic mass is 9.82. The van der Waals surface area contributed by atoms with Gasteiger partial charge in [0, 0.05) is 22.1 Å². The second-order valence-corrected chi connectivity index (χ2v) is 14.1. The van der Waals surface area contributed by atoms with E-state index in [0.29, 0.717) is 17.5 Å². The molecule has 240 valence electrons. The van der Waals surface area contributed by atoms with Gasteiger partial charge in [-0.05, 0) is 83.9 Å². The van der Waals surface area contributed by atoms with Gasteiger partial charge in [0.25, 0.3) is 0 Å². The zero-order valence-electron chi connectivity index (χ0n) is 28.4. The van der Waals surface area contributed by atoms with E-state index in [0.717, 1.165) is 38.2 Å². The van der Waals surface area contributed by atoms with Gasteiger partial charge >= 0.3 is 0 Å². The highest BCUT2D eigenvalue weighted by atomic mass is 15.0. The lowest BCUT2D eigenvalue weighted by molar-refractivity contribution is 0.660. The number of rotatable bonds is 4. The third-order valence-corrected chi connectivity index (χ3v) is 10.7. The molecule has 3 heteroatoms. The molecule has 9 aromatic rings. The maximum absolute atomic E-state index is 5.17. The normalized spacial score (nSPS) is 13.1. The Labute approximate surface area is 297 Å². The number of aromatic nitrogens is 3. The van der Waals surface area contributed by atoms with Crippen LogP contribution in [0.4, 0.5) is 0 Å². The molecule has 0 aliphatic heterocycles. The number of fused-ring (bicyclic) bond motifs is 6. The smallest absolute Gasteiger partial charge is 0.164 e. The lowest BCUT2D eigenvalue weighted by Gasteiger charge is -2.21. The van der Waals surface area contributed by atoms with E-state index in [4.69, 9.17) is 15.0 Å². The fraction of sp³-hybridized carbons (Fsp3) is 0.0625. The molecule has 3 nitrogen and oxygen atoms in total. The predicted octanol–water partition coefficient (Wildman–Crippen LogP) is 12.3. The quantitative estimate of drug-likeness (QED) is 0.190. The molecule has 0 saturated carbocycles. The minimum absolute atomic E-state index is 0.0455. The molecule has 0 bridgehead atoms. The summed E-state index contributed by atoms with van der Waals surface area (Å²) in [5, 5.41) is 6.93. The van der Waals surface area contributed by atoms with Crippen molar-refractivity contribution >= 4 is 32.3 Å². The molecule has 0 spiro atoms. The molecule has 51 heavy (non-hydrogen) atoms. The second kappa shape index (κ2) is 11.3. The monoisotopic (exact) mass is 651 g/mol. The summed E-state index contributed by atoms with van der Waals surface area (Å²) in [6.07, 6.45) is 0. The number of hydrogen-bond acceptors (Lipinski definition) is 3. The van der Waals surface area contributed by atoms with Crippen LogP contribution in [-0.4, -0.2) is 15.0 Å². The maximum Gasteiger partial charge on any atom is 0.164 e.